The van der Waals surface area contributed by atoms with Gasteiger partial charge in [0.1, 0.15) is 0 Å². The van der Waals surface area contributed by atoms with Crippen LogP contribution in [0.3, 0.4) is 0 Å². The van der Waals surface area contributed by atoms with Crippen molar-refractivity contribution in [3.8, 4) is 0 Å². The molecular formula is C13H42N2. The van der Waals surface area contributed by atoms with Gasteiger partial charge in [-0.2, -0.15) is 0 Å². The van der Waals surface area contributed by atoms with Crippen LogP contribution in [0.5, 0.6) is 0 Å². The Bertz CT molecular complexity index is 53.6. The average molecular weight is 226 g/mol. The monoisotopic (exact) mass is 226 g/mol. The van der Waals surface area contributed by atoms with Crippen LogP contribution in [0.4, 0.5) is 0 Å². The van der Waals surface area contributed by atoms with E-state index in [-0.39, 0.29) is 44.6 Å². The van der Waals surface area contributed by atoms with Crippen molar-refractivity contribution in [2.45, 2.75) is 51.0 Å². The summed E-state index contributed by atoms with van der Waals surface area (Å²) in [5.74, 6) is 0. The summed E-state index contributed by atoms with van der Waals surface area (Å²) in [5.41, 5.74) is 0. The zero-order valence-corrected chi connectivity index (χ0v) is 7.02. The Kier molecular flexibility index (Phi) is 89.7. The molecule has 0 aliphatic rings. The topological polar surface area (TPSA) is 6.48 Å². The molecule has 0 fully saturated rings. The van der Waals surface area contributed by atoms with Crippen LogP contribution in [0.15, 0.2) is 0 Å². The molecule has 15 heavy (non-hydrogen) atoms. The molecule has 0 bridgehead atoms. The number of rotatable bonds is 4. The van der Waals surface area contributed by atoms with E-state index < -0.39 is 0 Å². The minimum Gasteiger partial charge on any atom is -0.309 e. The van der Waals surface area contributed by atoms with E-state index in [1.807, 2.05) is 0 Å². The van der Waals surface area contributed by atoms with Crippen molar-refractivity contribution in [3.05, 3.63) is 0 Å². The number of hydrogen-bond donors (Lipinski definition) is 0. The summed E-state index contributed by atoms with van der Waals surface area (Å²) in [7, 11) is 8.43. The van der Waals surface area contributed by atoms with Crippen LogP contribution in [0.2, 0.25) is 0 Å². The van der Waals surface area contributed by atoms with Crippen LogP contribution in [-0.4, -0.2) is 51.1 Å². The van der Waals surface area contributed by atoms with Crippen LogP contribution < -0.4 is 0 Å². The zero-order chi connectivity index (χ0) is 7.28. The Morgan fingerprint density at radius 1 is 0.533 bits per heavy atom. The third kappa shape index (κ3) is 56.4. The first-order chi connectivity index (χ1) is 4.13. The molecule has 2 heteroatoms. The maximum Gasteiger partial charge on any atom is -0.00126 e. The van der Waals surface area contributed by atoms with Crippen LogP contribution in [0.25, 0.3) is 0 Å². The fourth-order valence-corrected chi connectivity index (χ4v) is 0.703. The molecule has 0 atom stereocenters. The second kappa shape index (κ2) is 29.2. The van der Waals surface area contributed by atoms with Gasteiger partial charge in [-0.15, -0.1) is 0 Å². The van der Waals surface area contributed by atoms with Crippen LogP contribution >= 0.6 is 0 Å². The Morgan fingerprint density at radius 3 is 0.867 bits per heavy atom. The second-order valence-electron chi connectivity index (χ2n) is 2.96. The van der Waals surface area contributed by atoms with Gasteiger partial charge in [-0.3, -0.25) is 0 Å². The molecule has 0 unspecified atom stereocenters. The van der Waals surface area contributed by atoms with Gasteiger partial charge in [-0.1, -0.05) is 44.6 Å². The van der Waals surface area contributed by atoms with E-state index in [0.29, 0.717) is 0 Å². The van der Waals surface area contributed by atoms with Crippen LogP contribution in [0, 0.1) is 0 Å². The molecule has 0 aromatic heterocycles. The second-order valence-corrected chi connectivity index (χ2v) is 2.96. The Labute approximate surface area is 103 Å². The van der Waals surface area contributed by atoms with Crippen molar-refractivity contribution in [2.24, 2.45) is 0 Å². The average Bonchev–Trinajstić information content (AvgIpc) is 1.63. The highest BCUT2D eigenvalue weighted by atomic mass is 15.1. The summed E-state index contributed by atoms with van der Waals surface area (Å²) >= 11 is 0. The summed E-state index contributed by atoms with van der Waals surface area (Å²) in [6.07, 6.45) is 1.26. The van der Waals surface area contributed by atoms with Crippen molar-refractivity contribution in [2.75, 3.05) is 41.3 Å². The fraction of sp³-hybridized carbons (Fsp3) is 1.00. The van der Waals surface area contributed by atoms with E-state index in [1.165, 1.54) is 19.5 Å². The third-order valence-corrected chi connectivity index (χ3v) is 1.21. The first-order valence-corrected chi connectivity index (χ1v) is 3.42. The lowest BCUT2D eigenvalue weighted by molar-refractivity contribution is 0.340. The predicted molar refractivity (Wildman–Crippen MR) is 82.1 cm³/mol. The largest absolute Gasteiger partial charge is 0.309 e. The van der Waals surface area contributed by atoms with Crippen molar-refractivity contribution < 1.29 is 0 Å². The van der Waals surface area contributed by atoms with Gasteiger partial charge in [0.2, 0.25) is 0 Å². The van der Waals surface area contributed by atoms with Gasteiger partial charge in [0.05, 0.1) is 0 Å². The standard InChI is InChI=1S/C7H18N2.6CH4/c1-8(2)6-5-7-9(3)4;;;;;;/h5-7H2,1-4H3;6*1H4. The molecule has 0 radical (unpaired) electrons. The normalized spacial score (nSPS) is 6.80. The van der Waals surface area contributed by atoms with Crippen LogP contribution in [-0.2, 0) is 0 Å². The van der Waals surface area contributed by atoms with Gasteiger partial charge in [0.25, 0.3) is 0 Å². The van der Waals surface area contributed by atoms with E-state index in [0.717, 1.165) is 0 Å². The third-order valence-electron chi connectivity index (χ3n) is 1.21. The fourth-order valence-electron chi connectivity index (χ4n) is 0.703. The molecule has 0 aromatic carbocycles. The van der Waals surface area contributed by atoms with Gasteiger partial charge < -0.3 is 9.80 Å². The van der Waals surface area contributed by atoms with Crippen molar-refractivity contribution in [3.63, 3.8) is 0 Å². The molecule has 0 saturated heterocycles. The highest BCUT2D eigenvalue weighted by Gasteiger charge is 1.90. The van der Waals surface area contributed by atoms with Gasteiger partial charge >= 0.3 is 0 Å². The first kappa shape index (κ1) is 46.1. The van der Waals surface area contributed by atoms with Crippen molar-refractivity contribution in [1.82, 2.24) is 9.80 Å². The van der Waals surface area contributed by atoms with Gasteiger partial charge in [-0.05, 0) is 47.7 Å². The van der Waals surface area contributed by atoms with E-state index in [4.69, 9.17) is 0 Å². The molecule has 0 amide bonds. The van der Waals surface area contributed by atoms with E-state index >= 15 is 0 Å². The molecule has 0 rings (SSSR count). The highest BCUT2D eigenvalue weighted by molar-refractivity contribution is 4.47. The maximum atomic E-state index is 2.21. The lowest BCUT2D eigenvalue weighted by Crippen LogP contribution is -2.20. The first-order valence-electron chi connectivity index (χ1n) is 3.42. The minimum atomic E-state index is 0. The molecule has 0 saturated carbocycles. The number of hydrogen-bond acceptors (Lipinski definition) is 2. The predicted octanol–water partition coefficient (Wildman–Crippen LogP) is 4.32. The van der Waals surface area contributed by atoms with Gasteiger partial charge in [-0.25, -0.2) is 0 Å². The molecule has 0 spiro atoms. The maximum absolute atomic E-state index is 2.21. The Balaban J connectivity index is -0.0000000213. The molecule has 0 N–H and O–H groups in total. The minimum absolute atomic E-state index is 0. The summed E-state index contributed by atoms with van der Waals surface area (Å²) in [6, 6.07) is 0. The van der Waals surface area contributed by atoms with Crippen molar-refractivity contribution in [1.29, 1.82) is 0 Å². The summed E-state index contributed by atoms with van der Waals surface area (Å²) < 4.78 is 0. The van der Waals surface area contributed by atoms with Crippen molar-refractivity contribution >= 4 is 0 Å². The molecule has 104 valence electrons. The summed E-state index contributed by atoms with van der Waals surface area (Å²) in [6.45, 7) is 2.39. The van der Waals surface area contributed by atoms with Gasteiger partial charge in [0, 0.05) is 0 Å². The van der Waals surface area contributed by atoms with E-state index in [9.17, 15) is 0 Å². The summed E-state index contributed by atoms with van der Waals surface area (Å²) in [4.78, 5) is 4.42. The summed E-state index contributed by atoms with van der Waals surface area (Å²) in [5, 5.41) is 0. The SMILES string of the molecule is C.C.C.C.C.C.CN(C)CCCN(C)C. The van der Waals surface area contributed by atoms with E-state index in [2.05, 4.69) is 38.0 Å². The molecular weight excluding hydrogens is 184 g/mol. The number of nitrogens with zero attached hydrogens (tertiary/aromatic N) is 2. The molecule has 0 aliphatic carbocycles. The molecule has 0 aliphatic heterocycles. The Hall–Kier alpha value is -0.0800. The zero-order valence-electron chi connectivity index (χ0n) is 7.02. The van der Waals surface area contributed by atoms with Gasteiger partial charge in [0.15, 0.2) is 0 Å². The molecule has 2 nitrogen and oxygen atoms in total. The molecule has 0 aromatic rings. The van der Waals surface area contributed by atoms with E-state index in [1.54, 1.807) is 0 Å². The van der Waals surface area contributed by atoms with Crippen LogP contribution in [0.1, 0.15) is 51.0 Å². The Morgan fingerprint density at radius 2 is 0.733 bits per heavy atom. The smallest absolute Gasteiger partial charge is 0.00126 e. The highest BCUT2D eigenvalue weighted by Crippen LogP contribution is 1.84. The lowest BCUT2D eigenvalue weighted by atomic mass is 10.4. The molecule has 0 heterocycles. The quantitative estimate of drug-likeness (QED) is 0.704. The lowest BCUT2D eigenvalue weighted by Gasteiger charge is -2.12.